The lowest BCUT2D eigenvalue weighted by atomic mass is 10.1. The molecule has 2 rings (SSSR count). The largest absolute Gasteiger partial charge is 0.352 e. The van der Waals surface area contributed by atoms with Crippen molar-refractivity contribution in [3.8, 4) is 0 Å². The highest BCUT2D eigenvalue weighted by Gasteiger charge is 2.27. The molecule has 0 aliphatic rings. The fraction of sp³-hybridized carbons (Fsp3) is 0.462. The number of carbonyl (C=O) groups is 2. The molecule has 0 saturated carbocycles. The Labute approximate surface area is 208 Å². The van der Waals surface area contributed by atoms with E-state index in [9.17, 15) is 22.4 Å². The van der Waals surface area contributed by atoms with Gasteiger partial charge in [0, 0.05) is 25.6 Å². The van der Waals surface area contributed by atoms with Crippen molar-refractivity contribution in [2.75, 3.05) is 17.1 Å². The fourth-order valence-electron chi connectivity index (χ4n) is 3.69. The van der Waals surface area contributed by atoms with Crippen molar-refractivity contribution in [1.29, 1.82) is 0 Å². The van der Waals surface area contributed by atoms with Crippen molar-refractivity contribution in [3.63, 3.8) is 0 Å². The molecule has 0 bridgehead atoms. The summed E-state index contributed by atoms with van der Waals surface area (Å²) in [5, 5.41) is 2.92. The first kappa shape index (κ1) is 28.3. The van der Waals surface area contributed by atoms with Crippen LogP contribution in [0.1, 0.15) is 51.2 Å². The van der Waals surface area contributed by atoms with Crippen LogP contribution in [0.15, 0.2) is 48.5 Å². The van der Waals surface area contributed by atoms with E-state index in [1.165, 1.54) is 23.1 Å². The maximum Gasteiger partial charge on any atom is 0.242 e. The van der Waals surface area contributed by atoms with Gasteiger partial charge in [0.2, 0.25) is 21.8 Å². The molecule has 0 heterocycles. The van der Waals surface area contributed by atoms with Crippen LogP contribution in [0.4, 0.5) is 10.1 Å². The maximum absolute atomic E-state index is 14.3. The summed E-state index contributed by atoms with van der Waals surface area (Å²) in [6.07, 6.45) is 1.95. The minimum absolute atomic E-state index is 0.00718. The van der Waals surface area contributed by atoms with Crippen molar-refractivity contribution in [2.24, 2.45) is 0 Å². The van der Waals surface area contributed by atoms with Gasteiger partial charge in [-0.2, -0.15) is 0 Å². The Bertz CT molecular complexity index is 1120. The molecular formula is C26H36FN3O4S. The summed E-state index contributed by atoms with van der Waals surface area (Å²) in [5.41, 5.74) is 1.88. The van der Waals surface area contributed by atoms with Crippen molar-refractivity contribution >= 4 is 27.5 Å². The lowest BCUT2D eigenvalue weighted by molar-refractivity contribution is -0.140. The molecule has 0 fully saturated rings. The van der Waals surface area contributed by atoms with E-state index in [0.29, 0.717) is 0 Å². The Morgan fingerprint density at radius 2 is 1.77 bits per heavy atom. The van der Waals surface area contributed by atoms with Crippen LogP contribution in [0.3, 0.4) is 0 Å². The molecule has 2 aromatic carbocycles. The summed E-state index contributed by atoms with van der Waals surface area (Å²) in [4.78, 5) is 27.6. The van der Waals surface area contributed by atoms with Crippen LogP contribution in [0.25, 0.3) is 0 Å². The number of carbonyl (C=O) groups excluding carboxylic acids is 2. The van der Waals surface area contributed by atoms with E-state index < -0.39 is 21.9 Å². The summed E-state index contributed by atoms with van der Waals surface area (Å²) in [7, 11) is -3.75. The van der Waals surface area contributed by atoms with Gasteiger partial charge in [-0.05, 0) is 51.3 Å². The third-order valence-corrected chi connectivity index (χ3v) is 7.06. The van der Waals surface area contributed by atoms with Crippen molar-refractivity contribution < 1.29 is 22.4 Å². The van der Waals surface area contributed by atoms with Gasteiger partial charge in [0.25, 0.3) is 0 Å². The molecule has 0 spiro atoms. The zero-order valence-electron chi connectivity index (χ0n) is 21.1. The molecule has 192 valence electrons. The molecule has 0 unspecified atom stereocenters. The van der Waals surface area contributed by atoms with Gasteiger partial charge in [-0.25, -0.2) is 12.8 Å². The maximum atomic E-state index is 14.3. The Morgan fingerprint density at radius 1 is 1.09 bits per heavy atom. The van der Waals surface area contributed by atoms with E-state index in [0.717, 1.165) is 28.1 Å². The van der Waals surface area contributed by atoms with Gasteiger partial charge in [0.05, 0.1) is 11.9 Å². The Morgan fingerprint density at radius 3 is 2.37 bits per heavy atom. The smallest absolute Gasteiger partial charge is 0.242 e. The monoisotopic (exact) mass is 505 g/mol. The second kappa shape index (κ2) is 12.7. The highest BCUT2D eigenvalue weighted by Crippen LogP contribution is 2.22. The Hall–Kier alpha value is -2.94. The SMILES string of the molecule is CC[C@@H](C)NC(=O)[C@@H](C)N(Cc1cccc(C)c1)C(=O)CCCN(c1ccccc1F)S(C)(=O)=O. The number of hydrogen-bond donors (Lipinski definition) is 1. The molecule has 0 saturated heterocycles. The second-order valence-corrected chi connectivity index (χ2v) is 10.8. The van der Waals surface area contributed by atoms with Crippen LogP contribution in [0.2, 0.25) is 0 Å². The van der Waals surface area contributed by atoms with Gasteiger partial charge >= 0.3 is 0 Å². The number of rotatable bonds is 12. The minimum atomic E-state index is -3.75. The Kier molecular flexibility index (Phi) is 10.2. The van der Waals surface area contributed by atoms with Crippen LogP contribution in [0.5, 0.6) is 0 Å². The van der Waals surface area contributed by atoms with Crippen molar-refractivity contribution in [1.82, 2.24) is 10.2 Å². The third kappa shape index (κ3) is 8.35. The summed E-state index contributed by atoms with van der Waals surface area (Å²) < 4.78 is 39.8. The third-order valence-electron chi connectivity index (χ3n) is 5.88. The van der Waals surface area contributed by atoms with E-state index in [1.54, 1.807) is 13.0 Å². The van der Waals surface area contributed by atoms with E-state index in [-0.39, 0.29) is 49.5 Å². The highest BCUT2D eigenvalue weighted by molar-refractivity contribution is 7.92. The molecule has 0 aliphatic heterocycles. The Balaban J connectivity index is 2.18. The average molecular weight is 506 g/mol. The summed E-state index contributed by atoms with van der Waals surface area (Å²) in [6, 6.07) is 12.6. The summed E-state index contributed by atoms with van der Waals surface area (Å²) in [6.45, 7) is 7.70. The summed E-state index contributed by atoms with van der Waals surface area (Å²) in [5.74, 6) is -1.18. The fourth-order valence-corrected chi connectivity index (χ4v) is 4.66. The molecular weight excluding hydrogens is 469 g/mol. The average Bonchev–Trinajstić information content (AvgIpc) is 2.79. The molecule has 0 aromatic heterocycles. The number of nitrogens with one attached hydrogen (secondary N) is 1. The molecule has 2 atom stereocenters. The lowest BCUT2D eigenvalue weighted by Gasteiger charge is -2.30. The molecule has 0 radical (unpaired) electrons. The number of amides is 2. The van der Waals surface area contributed by atoms with Crippen molar-refractivity contribution in [3.05, 3.63) is 65.5 Å². The van der Waals surface area contributed by atoms with E-state index >= 15 is 0 Å². The van der Waals surface area contributed by atoms with Gasteiger partial charge in [0.1, 0.15) is 11.9 Å². The number of halogens is 1. The zero-order valence-corrected chi connectivity index (χ0v) is 21.9. The van der Waals surface area contributed by atoms with Crippen LogP contribution < -0.4 is 9.62 Å². The van der Waals surface area contributed by atoms with E-state index in [2.05, 4.69) is 5.32 Å². The molecule has 2 amide bonds. The molecule has 7 nitrogen and oxygen atoms in total. The molecule has 0 aliphatic carbocycles. The second-order valence-electron chi connectivity index (χ2n) is 8.89. The van der Waals surface area contributed by atoms with Gasteiger partial charge in [-0.15, -0.1) is 0 Å². The molecule has 35 heavy (non-hydrogen) atoms. The summed E-state index contributed by atoms with van der Waals surface area (Å²) >= 11 is 0. The first-order valence-electron chi connectivity index (χ1n) is 11.8. The van der Waals surface area contributed by atoms with Crippen LogP contribution >= 0.6 is 0 Å². The zero-order chi connectivity index (χ0) is 26.2. The van der Waals surface area contributed by atoms with Crippen LogP contribution in [-0.2, 0) is 26.2 Å². The van der Waals surface area contributed by atoms with Crippen LogP contribution in [0, 0.1) is 12.7 Å². The predicted molar refractivity (Wildman–Crippen MR) is 137 cm³/mol. The minimum Gasteiger partial charge on any atom is -0.352 e. The number of para-hydroxylation sites is 1. The van der Waals surface area contributed by atoms with Gasteiger partial charge in [-0.1, -0.05) is 48.9 Å². The normalized spacial score (nSPS) is 13.1. The number of benzene rings is 2. The lowest BCUT2D eigenvalue weighted by Crippen LogP contribution is -2.49. The number of aryl methyl sites for hydroxylation is 1. The predicted octanol–water partition coefficient (Wildman–Crippen LogP) is 4.01. The molecule has 2 aromatic rings. The number of anilines is 1. The standard InChI is InChI=1S/C26H36FN3O4S/c1-6-20(3)28-26(32)21(4)29(18-22-12-9-11-19(2)17-22)25(31)15-10-16-30(35(5,33)34)24-14-8-7-13-23(24)27/h7-9,11-14,17,20-21H,6,10,15-16,18H2,1-5H3,(H,28,32)/t20-,21-/m1/s1. The first-order valence-corrected chi connectivity index (χ1v) is 13.7. The molecule has 1 N–H and O–H groups in total. The number of hydrogen-bond acceptors (Lipinski definition) is 4. The number of nitrogens with zero attached hydrogens (tertiary/aromatic N) is 2. The van der Waals surface area contributed by atoms with Crippen molar-refractivity contribution in [2.45, 2.75) is 65.6 Å². The highest BCUT2D eigenvalue weighted by atomic mass is 32.2. The quantitative estimate of drug-likeness (QED) is 0.472. The van der Waals surface area contributed by atoms with Gasteiger partial charge in [-0.3, -0.25) is 13.9 Å². The number of sulfonamides is 1. The topological polar surface area (TPSA) is 86.8 Å². The molecule has 9 heteroatoms. The van der Waals surface area contributed by atoms with E-state index in [1.807, 2.05) is 45.0 Å². The van der Waals surface area contributed by atoms with Gasteiger partial charge in [0.15, 0.2) is 0 Å². The van der Waals surface area contributed by atoms with E-state index in [4.69, 9.17) is 0 Å². The van der Waals surface area contributed by atoms with Crippen LogP contribution in [-0.4, -0.2) is 50.0 Å². The van der Waals surface area contributed by atoms with Gasteiger partial charge < -0.3 is 10.2 Å². The first-order chi connectivity index (χ1) is 16.4.